The van der Waals surface area contributed by atoms with Gasteiger partial charge in [0.05, 0.1) is 6.10 Å². The van der Waals surface area contributed by atoms with Crippen LogP contribution in [0.4, 0.5) is 0 Å². The van der Waals surface area contributed by atoms with Crippen LogP contribution < -0.4 is 0 Å². The van der Waals surface area contributed by atoms with Gasteiger partial charge >= 0.3 is 0 Å². The van der Waals surface area contributed by atoms with E-state index in [-0.39, 0.29) is 23.8 Å². The molecule has 0 saturated carbocycles. The van der Waals surface area contributed by atoms with Crippen molar-refractivity contribution in [1.29, 1.82) is 0 Å². The van der Waals surface area contributed by atoms with E-state index >= 15 is 0 Å². The molecule has 0 amide bonds. The highest BCUT2D eigenvalue weighted by Crippen LogP contribution is 1.94. The molecule has 0 aromatic rings. The van der Waals surface area contributed by atoms with Gasteiger partial charge in [-0.2, -0.15) is 11.8 Å². The first kappa shape index (κ1) is 67.0. The predicted molar refractivity (Wildman–Crippen MR) is 214 cm³/mol. The van der Waals surface area contributed by atoms with Gasteiger partial charge in [0.15, 0.2) is 5.78 Å². The third-order valence-corrected chi connectivity index (χ3v) is 5.74. The number of Topliss-reactive ketones (excluding diaryl/α,β-unsaturated/α-hetero) is 2. The molecule has 1 unspecified atom stereocenters. The van der Waals surface area contributed by atoms with E-state index in [1.807, 2.05) is 60.2 Å². The van der Waals surface area contributed by atoms with Crippen LogP contribution in [0.2, 0.25) is 0 Å². The first-order chi connectivity index (χ1) is 21.6. The third-order valence-electron chi connectivity index (χ3n) is 5.17. The fourth-order valence-corrected chi connectivity index (χ4v) is 0.881. The number of ketones is 2. The Morgan fingerprint density at radius 3 is 1.11 bits per heavy atom. The average Bonchev–Trinajstić information content (AvgIpc) is 3.08. The van der Waals surface area contributed by atoms with Crippen molar-refractivity contribution in [3.8, 4) is 23.7 Å². The van der Waals surface area contributed by atoms with Crippen LogP contribution >= 0.6 is 11.8 Å². The molecule has 0 rings (SSSR count). The normalized spacial score (nSPS) is 8.59. The van der Waals surface area contributed by atoms with Crippen molar-refractivity contribution < 1.29 is 24.2 Å². The zero-order valence-corrected chi connectivity index (χ0v) is 35.8. The van der Waals surface area contributed by atoms with Gasteiger partial charge in [-0.3, -0.25) is 4.79 Å². The van der Waals surface area contributed by atoms with Gasteiger partial charge in [0, 0.05) is 40.1 Å². The van der Waals surface area contributed by atoms with Crippen molar-refractivity contribution in [1.82, 2.24) is 0 Å². The van der Waals surface area contributed by atoms with E-state index in [0.29, 0.717) is 6.42 Å². The number of thioether (sulfide) groups is 1. The minimum atomic E-state index is -0.236. The Hall–Kier alpha value is -1.31. The number of unbranched alkanes of at least 4 members (excludes halogenated alkanes) is 2. The Morgan fingerprint density at radius 2 is 1.09 bits per heavy atom. The van der Waals surface area contributed by atoms with Crippen LogP contribution in [-0.2, 0) is 19.1 Å². The smallest absolute Gasteiger partial charge is 0.158 e. The van der Waals surface area contributed by atoms with Crippen LogP contribution in [0.1, 0.15) is 175 Å². The maximum Gasteiger partial charge on any atom is 0.158 e. The summed E-state index contributed by atoms with van der Waals surface area (Å²) in [5.74, 6) is 13.8. The second-order valence-electron chi connectivity index (χ2n) is 9.93. The molecule has 0 aromatic carbocycles. The monoisotopic (exact) mass is 679 g/mol. The topological polar surface area (TPSA) is 72.8 Å². The minimum absolute atomic E-state index is 0.0648. The average molecular weight is 679 g/mol. The highest BCUT2D eigenvalue weighted by atomic mass is 32.2. The van der Waals surface area contributed by atoms with Gasteiger partial charge in [0.25, 0.3) is 0 Å². The minimum Gasteiger partial charge on any atom is -0.393 e. The standard InChI is InChI=1S/C6H10.C5H10O2.C5H12O.C5H12.C5H8.C4H8O.C4H10.C3H8O.C3H8S/c1-3-5-6-4-2;1-4(6)5(2)7-3;1-3-5(6)4-2;1-4-5(2)3;1-3-5-4-2;1-3-4(2)5;3*1-3-4-2/h3,5H2,1-2H3;5H,1-3H3;5-6H,3-4H2,1-2H3;5H,4H2,1-3H3;2*3H2,1-2H3;3-4H2,1-2H3;2*3H2,1-2H3. The van der Waals surface area contributed by atoms with Gasteiger partial charge in [-0.15, -0.1) is 23.7 Å². The summed E-state index contributed by atoms with van der Waals surface area (Å²) in [6.45, 7) is 34.4. The molecule has 1 N–H and O–H groups in total. The molecule has 0 spiro atoms. The Balaban J connectivity index is -0.0000000481. The molecule has 0 heterocycles. The highest BCUT2D eigenvalue weighted by molar-refractivity contribution is 7.98. The second kappa shape index (κ2) is 79.3. The van der Waals surface area contributed by atoms with Crippen molar-refractivity contribution in [3.63, 3.8) is 0 Å². The van der Waals surface area contributed by atoms with Crippen molar-refractivity contribution in [3.05, 3.63) is 0 Å². The fourth-order valence-electron chi connectivity index (χ4n) is 0.881. The number of carbonyl (C=O) groups excluding carboxylic acids is 2. The molecule has 0 bridgehead atoms. The van der Waals surface area contributed by atoms with Crippen LogP contribution in [0.25, 0.3) is 0 Å². The van der Waals surface area contributed by atoms with E-state index in [0.717, 1.165) is 38.2 Å². The van der Waals surface area contributed by atoms with E-state index in [4.69, 9.17) is 5.11 Å². The number of ether oxygens (including phenoxy) is 2. The lowest BCUT2D eigenvalue weighted by molar-refractivity contribution is -0.125. The summed E-state index contributed by atoms with van der Waals surface area (Å²) >= 11 is 1.86. The number of hydrogen-bond acceptors (Lipinski definition) is 6. The lowest BCUT2D eigenvalue weighted by atomic mass is 10.2. The summed E-state index contributed by atoms with van der Waals surface area (Å²) < 4.78 is 9.20. The van der Waals surface area contributed by atoms with Crippen LogP contribution in [0.15, 0.2) is 0 Å². The number of rotatable bonds is 10. The number of methoxy groups -OCH3 is 2. The second-order valence-corrected chi connectivity index (χ2v) is 11.1. The summed E-state index contributed by atoms with van der Waals surface area (Å²) in [6, 6.07) is 0. The third kappa shape index (κ3) is 173. The lowest BCUT2D eigenvalue weighted by Gasteiger charge is -2.00. The molecule has 0 saturated heterocycles. The quantitative estimate of drug-likeness (QED) is 0.232. The summed E-state index contributed by atoms with van der Waals surface area (Å²) in [6.07, 6.45) is 11.4. The first-order valence-corrected chi connectivity index (χ1v) is 19.0. The van der Waals surface area contributed by atoms with E-state index in [9.17, 15) is 9.59 Å². The van der Waals surface area contributed by atoms with Gasteiger partial charge in [-0.1, -0.05) is 95.4 Å². The van der Waals surface area contributed by atoms with Crippen LogP contribution in [-0.4, -0.2) is 61.7 Å². The SMILES string of the molecule is CC#CCC.CC#CCCC.CCC(C)=O.CCC(C)C.CCC(O)CC.CCCC.CCOC.CCSC.COC(C)C(C)=O. The van der Waals surface area contributed by atoms with Crippen molar-refractivity contribution in [2.75, 3.05) is 32.8 Å². The Bertz CT molecular complexity index is 579. The van der Waals surface area contributed by atoms with E-state index in [1.54, 1.807) is 21.0 Å². The van der Waals surface area contributed by atoms with Gasteiger partial charge in [0.1, 0.15) is 11.9 Å². The molecular formula is C40H86O5S. The van der Waals surface area contributed by atoms with Crippen LogP contribution in [0, 0.1) is 29.6 Å². The number of hydrogen-bond donors (Lipinski definition) is 1. The molecule has 1 atom stereocenters. The maximum atomic E-state index is 10.2. The zero-order valence-electron chi connectivity index (χ0n) is 35.0. The largest absolute Gasteiger partial charge is 0.393 e. The number of aliphatic hydroxyl groups is 1. The summed E-state index contributed by atoms with van der Waals surface area (Å²) in [4.78, 5) is 20.1. The molecule has 5 nitrogen and oxygen atoms in total. The molecule has 6 heteroatoms. The van der Waals surface area contributed by atoms with Gasteiger partial charge in [-0.05, 0) is 78.7 Å². The summed E-state index contributed by atoms with van der Waals surface area (Å²) in [7, 11) is 3.20. The molecule has 0 aliphatic carbocycles. The molecule has 0 radical (unpaired) electrons. The number of aliphatic hydroxyl groups excluding tert-OH is 1. The van der Waals surface area contributed by atoms with E-state index in [1.165, 1.54) is 45.5 Å². The van der Waals surface area contributed by atoms with Crippen LogP contribution in [0.5, 0.6) is 0 Å². The Labute approximate surface area is 296 Å². The van der Waals surface area contributed by atoms with Gasteiger partial charge in [-0.25, -0.2) is 0 Å². The van der Waals surface area contributed by atoms with E-state index < -0.39 is 0 Å². The first-order valence-electron chi connectivity index (χ1n) is 17.6. The molecule has 282 valence electrons. The molecular weight excluding hydrogens is 593 g/mol. The maximum absolute atomic E-state index is 10.2. The van der Waals surface area contributed by atoms with Gasteiger partial charge < -0.3 is 19.4 Å². The summed E-state index contributed by atoms with van der Waals surface area (Å²) in [5, 5.41) is 8.67. The highest BCUT2D eigenvalue weighted by Gasteiger charge is 2.01. The molecule has 0 fully saturated rings. The van der Waals surface area contributed by atoms with Crippen molar-refractivity contribution in [2.45, 2.75) is 188 Å². The molecule has 0 aliphatic rings. The van der Waals surface area contributed by atoms with Crippen molar-refractivity contribution in [2.24, 2.45) is 5.92 Å². The number of carbonyl (C=O) groups is 2. The van der Waals surface area contributed by atoms with E-state index in [2.05, 4.69) is 87.9 Å². The lowest BCUT2D eigenvalue weighted by Crippen LogP contribution is -2.14. The molecule has 46 heavy (non-hydrogen) atoms. The summed E-state index contributed by atoms with van der Waals surface area (Å²) in [5.41, 5.74) is 0. The van der Waals surface area contributed by atoms with Crippen molar-refractivity contribution >= 4 is 23.3 Å². The molecule has 0 aromatic heterocycles. The zero-order chi connectivity index (χ0) is 38.6. The Kier molecular flexibility index (Phi) is 115. The van der Waals surface area contributed by atoms with Crippen LogP contribution in [0.3, 0.4) is 0 Å². The Morgan fingerprint density at radius 1 is 0.739 bits per heavy atom. The fraction of sp³-hybridized carbons (Fsp3) is 0.850. The molecule has 0 aliphatic heterocycles. The predicted octanol–water partition coefficient (Wildman–Crippen LogP) is 11.9. The van der Waals surface area contributed by atoms with Gasteiger partial charge in [0.2, 0.25) is 0 Å².